The lowest BCUT2D eigenvalue weighted by molar-refractivity contribution is -0.383. The van der Waals surface area contributed by atoms with E-state index in [9.17, 15) is 14.5 Å². The van der Waals surface area contributed by atoms with Gasteiger partial charge in [0.05, 0.1) is 22.3 Å². The van der Waals surface area contributed by atoms with Crippen molar-refractivity contribution in [1.82, 2.24) is 14.5 Å². The van der Waals surface area contributed by atoms with Gasteiger partial charge in [0, 0.05) is 48.5 Å². The zero-order valence-corrected chi connectivity index (χ0v) is 14.0. The van der Waals surface area contributed by atoms with Gasteiger partial charge in [-0.2, -0.15) is 0 Å². The molecule has 0 aliphatic carbocycles. The molecule has 1 N–H and O–H groups in total. The van der Waals surface area contributed by atoms with Crippen LogP contribution in [0.3, 0.4) is 0 Å². The number of nitro benzene ring substituents is 1. The Balaban J connectivity index is 1.60. The molecule has 0 aliphatic heterocycles. The third-order valence-corrected chi connectivity index (χ3v) is 4.27. The van der Waals surface area contributed by atoms with E-state index < -0.39 is 4.92 Å². The van der Waals surface area contributed by atoms with Crippen molar-refractivity contribution < 1.29 is 9.31 Å². The summed E-state index contributed by atoms with van der Waals surface area (Å²) < 4.78 is 16.0. The largest absolute Gasteiger partial charge is 0.380 e. The zero-order valence-electron chi connectivity index (χ0n) is 14.0. The lowest BCUT2D eigenvalue weighted by Crippen LogP contribution is -2.03. The van der Waals surface area contributed by atoms with Gasteiger partial charge in [0.2, 0.25) is 0 Å². The van der Waals surface area contributed by atoms with Gasteiger partial charge in [-0.25, -0.2) is 9.37 Å². The summed E-state index contributed by atoms with van der Waals surface area (Å²) in [6.07, 6.45) is 7.85. The van der Waals surface area contributed by atoms with Gasteiger partial charge in [0.1, 0.15) is 5.82 Å². The van der Waals surface area contributed by atoms with Crippen LogP contribution in [0.2, 0.25) is 0 Å². The highest BCUT2D eigenvalue weighted by molar-refractivity contribution is 5.99. The first kappa shape index (κ1) is 16.6. The zero-order chi connectivity index (χ0) is 18.8. The number of anilines is 1. The van der Waals surface area contributed by atoms with Crippen LogP contribution in [-0.2, 0) is 6.54 Å². The molecule has 2 aromatic heterocycles. The van der Waals surface area contributed by atoms with Crippen molar-refractivity contribution in [2.45, 2.75) is 6.54 Å². The van der Waals surface area contributed by atoms with E-state index in [2.05, 4.69) is 15.3 Å². The number of imidazole rings is 1. The average Bonchev–Trinajstić information content (AvgIpc) is 3.20. The Kier molecular flexibility index (Phi) is 4.21. The molecule has 134 valence electrons. The fourth-order valence-corrected chi connectivity index (χ4v) is 2.96. The minimum atomic E-state index is -0.433. The normalized spacial score (nSPS) is 10.9. The lowest BCUT2D eigenvalue weighted by Gasteiger charge is -2.11. The number of rotatable bonds is 5. The number of aromatic nitrogens is 3. The van der Waals surface area contributed by atoms with Crippen LogP contribution in [-0.4, -0.2) is 19.5 Å². The minimum Gasteiger partial charge on any atom is -0.380 e. The molecule has 2 aromatic carbocycles. The van der Waals surface area contributed by atoms with E-state index in [-0.39, 0.29) is 11.5 Å². The number of benzene rings is 2. The van der Waals surface area contributed by atoms with Gasteiger partial charge in [0.25, 0.3) is 5.69 Å². The molecular formula is C19H14FN5O2. The summed E-state index contributed by atoms with van der Waals surface area (Å²) in [5.41, 5.74) is 1.89. The van der Waals surface area contributed by atoms with Crippen molar-refractivity contribution in [3.8, 4) is 5.69 Å². The highest BCUT2D eigenvalue weighted by Crippen LogP contribution is 2.31. The Morgan fingerprint density at radius 1 is 1.11 bits per heavy atom. The second-order valence-corrected chi connectivity index (χ2v) is 5.92. The van der Waals surface area contributed by atoms with Crippen LogP contribution in [0.15, 0.2) is 67.5 Å². The molecule has 0 amide bonds. The van der Waals surface area contributed by atoms with E-state index in [1.807, 2.05) is 6.07 Å². The third kappa shape index (κ3) is 3.20. The van der Waals surface area contributed by atoms with Crippen LogP contribution in [0, 0.1) is 15.9 Å². The van der Waals surface area contributed by atoms with Crippen LogP contribution in [0.4, 0.5) is 15.8 Å². The van der Waals surface area contributed by atoms with Crippen molar-refractivity contribution in [3.63, 3.8) is 0 Å². The van der Waals surface area contributed by atoms with Gasteiger partial charge in [0.15, 0.2) is 0 Å². The summed E-state index contributed by atoms with van der Waals surface area (Å²) in [5, 5.41) is 15.5. The van der Waals surface area contributed by atoms with Crippen molar-refractivity contribution in [3.05, 3.63) is 89.0 Å². The predicted molar refractivity (Wildman–Crippen MR) is 99.2 cm³/mol. The predicted octanol–water partition coefficient (Wildman–Crippen LogP) is 4.08. The standard InChI is InChI=1S/C19H14FN5O2/c20-16-9-13(1-3-19(16)24-8-7-22-12-24)10-23-17-2-4-18(25(26)27)15-11-21-6-5-14(15)17/h1-9,11-12,23H,10H2. The summed E-state index contributed by atoms with van der Waals surface area (Å²) in [7, 11) is 0. The number of nitro groups is 1. The minimum absolute atomic E-state index is 0.000575. The van der Waals surface area contributed by atoms with Gasteiger partial charge in [-0.1, -0.05) is 6.07 Å². The molecule has 0 radical (unpaired) electrons. The summed E-state index contributed by atoms with van der Waals surface area (Å²) in [6, 6.07) is 9.77. The molecule has 4 rings (SSSR count). The number of nitrogens with one attached hydrogen (secondary N) is 1. The van der Waals surface area contributed by atoms with Gasteiger partial charge in [-0.15, -0.1) is 0 Å². The van der Waals surface area contributed by atoms with Crippen LogP contribution in [0.1, 0.15) is 5.56 Å². The summed E-state index contributed by atoms with van der Waals surface area (Å²) in [6.45, 7) is 0.371. The fourth-order valence-electron chi connectivity index (χ4n) is 2.96. The van der Waals surface area contributed by atoms with Gasteiger partial charge in [-0.3, -0.25) is 15.1 Å². The maximum Gasteiger partial charge on any atom is 0.278 e. The van der Waals surface area contributed by atoms with E-state index in [0.717, 1.165) is 11.3 Å². The first-order valence-electron chi connectivity index (χ1n) is 8.15. The number of hydrogen-bond donors (Lipinski definition) is 1. The molecular weight excluding hydrogens is 349 g/mol. The van der Waals surface area contributed by atoms with E-state index in [4.69, 9.17) is 0 Å². The molecule has 0 fully saturated rings. The molecule has 0 spiro atoms. The van der Waals surface area contributed by atoms with Crippen LogP contribution < -0.4 is 5.32 Å². The molecule has 8 heteroatoms. The molecule has 4 aromatic rings. The van der Waals surface area contributed by atoms with Crippen molar-refractivity contribution in [2.24, 2.45) is 0 Å². The quantitative estimate of drug-likeness (QED) is 0.426. The SMILES string of the molecule is O=[N+]([O-])c1ccc(NCc2ccc(-n3ccnc3)c(F)c2)c2ccncc12. The van der Waals surface area contributed by atoms with Crippen LogP contribution in [0.5, 0.6) is 0 Å². The Bertz CT molecular complexity index is 1130. The Hall–Kier alpha value is -3.81. The molecule has 0 atom stereocenters. The summed E-state index contributed by atoms with van der Waals surface area (Å²) >= 11 is 0. The second-order valence-electron chi connectivity index (χ2n) is 5.92. The Labute approximate surface area is 153 Å². The molecule has 0 unspecified atom stereocenters. The van der Waals surface area contributed by atoms with E-state index in [1.165, 1.54) is 24.7 Å². The number of halogens is 1. The highest BCUT2D eigenvalue weighted by atomic mass is 19.1. The van der Waals surface area contributed by atoms with Gasteiger partial charge in [-0.05, 0) is 29.8 Å². The average molecular weight is 363 g/mol. The van der Waals surface area contributed by atoms with Crippen molar-refractivity contribution in [1.29, 1.82) is 0 Å². The fraction of sp³-hybridized carbons (Fsp3) is 0.0526. The van der Waals surface area contributed by atoms with Crippen molar-refractivity contribution in [2.75, 3.05) is 5.32 Å². The topological polar surface area (TPSA) is 85.9 Å². The lowest BCUT2D eigenvalue weighted by atomic mass is 10.1. The number of hydrogen-bond acceptors (Lipinski definition) is 5. The Morgan fingerprint density at radius 2 is 2.00 bits per heavy atom. The molecule has 2 heterocycles. The summed E-state index contributed by atoms with van der Waals surface area (Å²) in [5.74, 6) is -0.356. The molecule has 7 nitrogen and oxygen atoms in total. The number of non-ortho nitro benzene ring substituents is 1. The molecule has 0 saturated carbocycles. The monoisotopic (exact) mass is 363 g/mol. The van der Waals surface area contributed by atoms with E-state index in [1.54, 1.807) is 41.4 Å². The maximum absolute atomic E-state index is 14.4. The number of pyridine rings is 1. The second kappa shape index (κ2) is 6.83. The van der Waals surface area contributed by atoms with E-state index in [0.29, 0.717) is 23.0 Å². The number of fused-ring (bicyclic) bond motifs is 1. The first-order valence-corrected chi connectivity index (χ1v) is 8.15. The Morgan fingerprint density at radius 3 is 2.74 bits per heavy atom. The first-order chi connectivity index (χ1) is 13.1. The van der Waals surface area contributed by atoms with Crippen molar-refractivity contribution >= 4 is 22.1 Å². The molecule has 0 aliphatic rings. The maximum atomic E-state index is 14.4. The van der Waals surface area contributed by atoms with Crippen LogP contribution >= 0.6 is 0 Å². The molecule has 27 heavy (non-hydrogen) atoms. The highest BCUT2D eigenvalue weighted by Gasteiger charge is 2.14. The van der Waals surface area contributed by atoms with Gasteiger partial charge >= 0.3 is 0 Å². The smallest absolute Gasteiger partial charge is 0.278 e. The third-order valence-electron chi connectivity index (χ3n) is 4.27. The molecule has 0 bridgehead atoms. The van der Waals surface area contributed by atoms with Gasteiger partial charge < -0.3 is 9.88 Å². The van der Waals surface area contributed by atoms with E-state index >= 15 is 0 Å². The summed E-state index contributed by atoms with van der Waals surface area (Å²) in [4.78, 5) is 18.6. The number of nitrogens with zero attached hydrogens (tertiary/aromatic N) is 4. The molecule has 0 saturated heterocycles. The van der Waals surface area contributed by atoms with Crippen LogP contribution in [0.25, 0.3) is 16.5 Å².